The standard InChI is InChI=1S/C26H25N5O2/c27-24(32)20-14-28-13-19-18-9-4-5-10-22(18)31(23(19)20)30-12-6-11-26(16-30)21(15-29-25(26)33)17-7-2-1-3-8-17/h1-5,7-10,13-14,21H,6,11-12,15-16H2,(H2,27,32)(H,29,33)/t21-,26+/m1/s1. The summed E-state index contributed by atoms with van der Waals surface area (Å²) in [5, 5.41) is 7.26. The van der Waals surface area contributed by atoms with Crippen molar-refractivity contribution in [3.05, 3.63) is 78.1 Å². The Morgan fingerprint density at radius 1 is 1.06 bits per heavy atom. The zero-order valence-corrected chi connectivity index (χ0v) is 18.2. The third-order valence-corrected chi connectivity index (χ3v) is 7.39. The lowest BCUT2D eigenvalue weighted by Crippen LogP contribution is -2.53. The molecule has 2 aliphatic rings. The highest BCUT2D eigenvalue weighted by Gasteiger charge is 2.53. The summed E-state index contributed by atoms with van der Waals surface area (Å²) < 4.78 is 2.10. The van der Waals surface area contributed by atoms with Crippen molar-refractivity contribution in [2.45, 2.75) is 18.8 Å². The highest BCUT2D eigenvalue weighted by molar-refractivity contribution is 6.15. The van der Waals surface area contributed by atoms with Crippen molar-refractivity contribution < 1.29 is 9.59 Å². The number of piperidine rings is 1. The van der Waals surface area contributed by atoms with E-state index >= 15 is 0 Å². The number of rotatable bonds is 3. The first-order chi connectivity index (χ1) is 16.1. The maximum Gasteiger partial charge on any atom is 0.252 e. The number of nitrogens with one attached hydrogen (secondary N) is 1. The molecule has 0 aliphatic carbocycles. The molecule has 0 bridgehead atoms. The first-order valence-electron chi connectivity index (χ1n) is 11.4. The van der Waals surface area contributed by atoms with Crippen LogP contribution in [0, 0.1) is 5.41 Å². The van der Waals surface area contributed by atoms with Crippen molar-refractivity contribution in [1.82, 2.24) is 15.0 Å². The fraction of sp³-hybridized carbons (Fsp3) is 0.269. The molecule has 7 heteroatoms. The third-order valence-electron chi connectivity index (χ3n) is 7.39. The minimum absolute atomic E-state index is 0.0966. The van der Waals surface area contributed by atoms with Gasteiger partial charge in [-0.25, -0.2) is 0 Å². The maximum absolute atomic E-state index is 13.3. The number of carbonyl (C=O) groups excluding carboxylic acids is 2. The summed E-state index contributed by atoms with van der Waals surface area (Å²) in [6, 6.07) is 18.4. The number of amides is 2. The molecule has 3 N–H and O–H groups in total. The highest BCUT2D eigenvalue weighted by Crippen LogP contribution is 2.46. The number of fused-ring (bicyclic) bond motifs is 3. The van der Waals surface area contributed by atoms with Crippen molar-refractivity contribution in [2.75, 3.05) is 24.6 Å². The van der Waals surface area contributed by atoms with E-state index in [9.17, 15) is 9.59 Å². The molecule has 2 aromatic carbocycles. The van der Waals surface area contributed by atoms with E-state index in [1.54, 1.807) is 6.20 Å². The van der Waals surface area contributed by atoms with E-state index in [2.05, 4.69) is 32.1 Å². The van der Waals surface area contributed by atoms with Gasteiger partial charge in [-0.2, -0.15) is 0 Å². The van der Waals surface area contributed by atoms with Gasteiger partial charge in [-0.15, -0.1) is 0 Å². The molecule has 4 heterocycles. The molecule has 6 rings (SSSR count). The van der Waals surface area contributed by atoms with Crippen LogP contribution < -0.4 is 16.1 Å². The van der Waals surface area contributed by atoms with Gasteiger partial charge < -0.3 is 16.1 Å². The molecule has 2 aromatic heterocycles. The van der Waals surface area contributed by atoms with Crippen LogP contribution in [0.25, 0.3) is 21.8 Å². The Morgan fingerprint density at radius 3 is 2.67 bits per heavy atom. The van der Waals surface area contributed by atoms with Gasteiger partial charge in [0.2, 0.25) is 5.91 Å². The first-order valence-corrected chi connectivity index (χ1v) is 11.4. The molecule has 2 atom stereocenters. The van der Waals surface area contributed by atoms with Crippen LogP contribution in [0.3, 0.4) is 0 Å². The van der Waals surface area contributed by atoms with Crippen LogP contribution in [-0.4, -0.2) is 41.1 Å². The quantitative estimate of drug-likeness (QED) is 0.513. The molecule has 2 amide bonds. The molecular weight excluding hydrogens is 414 g/mol. The number of nitrogens with two attached hydrogens (primary N) is 1. The molecule has 2 fully saturated rings. The molecule has 166 valence electrons. The summed E-state index contributed by atoms with van der Waals surface area (Å²) in [6.45, 7) is 1.98. The van der Waals surface area contributed by atoms with Gasteiger partial charge in [0.05, 0.1) is 22.0 Å². The van der Waals surface area contributed by atoms with E-state index in [-0.39, 0.29) is 11.8 Å². The molecule has 2 aliphatic heterocycles. The number of pyridine rings is 1. The lowest BCUT2D eigenvalue weighted by molar-refractivity contribution is -0.128. The molecule has 0 radical (unpaired) electrons. The number of hydrogen-bond acceptors (Lipinski definition) is 4. The summed E-state index contributed by atoms with van der Waals surface area (Å²) in [5.41, 5.74) is 8.54. The summed E-state index contributed by atoms with van der Waals surface area (Å²) >= 11 is 0. The van der Waals surface area contributed by atoms with Crippen LogP contribution in [0.4, 0.5) is 0 Å². The largest absolute Gasteiger partial charge is 0.365 e. The second kappa shape index (κ2) is 7.33. The minimum Gasteiger partial charge on any atom is -0.365 e. The van der Waals surface area contributed by atoms with Gasteiger partial charge in [-0.1, -0.05) is 48.5 Å². The Balaban J connectivity index is 1.54. The van der Waals surface area contributed by atoms with Crippen LogP contribution in [0.5, 0.6) is 0 Å². The lowest BCUT2D eigenvalue weighted by Gasteiger charge is -2.43. The molecule has 33 heavy (non-hydrogen) atoms. The monoisotopic (exact) mass is 439 g/mol. The molecule has 4 aromatic rings. The van der Waals surface area contributed by atoms with Crippen molar-refractivity contribution in [3.8, 4) is 0 Å². The zero-order valence-electron chi connectivity index (χ0n) is 18.2. The molecule has 1 spiro atoms. The van der Waals surface area contributed by atoms with Gasteiger partial charge in [-0.3, -0.25) is 19.2 Å². The summed E-state index contributed by atoms with van der Waals surface area (Å²) in [4.78, 5) is 30.0. The SMILES string of the molecule is NC(=O)c1cncc2c3ccccc3n(N3CCC[C@@]4(C3)C(=O)NC[C@@H]4c3ccccc3)c12. The van der Waals surface area contributed by atoms with Crippen molar-refractivity contribution in [2.24, 2.45) is 11.1 Å². The average Bonchev–Trinajstić information content (AvgIpc) is 3.34. The third kappa shape index (κ3) is 2.85. The van der Waals surface area contributed by atoms with Gasteiger partial charge in [0, 0.05) is 48.7 Å². The van der Waals surface area contributed by atoms with E-state index in [1.165, 1.54) is 11.8 Å². The van der Waals surface area contributed by atoms with Crippen LogP contribution in [0.15, 0.2) is 67.0 Å². The van der Waals surface area contributed by atoms with Crippen LogP contribution in [0.1, 0.15) is 34.7 Å². The van der Waals surface area contributed by atoms with Gasteiger partial charge in [0.15, 0.2) is 0 Å². The average molecular weight is 440 g/mol. The van der Waals surface area contributed by atoms with Gasteiger partial charge in [-0.05, 0) is 24.5 Å². The Bertz CT molecular complexity index is 1400. The van der Waals surface area contributed by atoms with Gasteiger partial charge in [0.1, 0.15) is 0 Å². The fourth-order valence-electron chi connectivity index (χ4n) is 5.91. The Hall–Kier alpha value is -3.87. The van der Waals surface area contributed by atoms with E-state index in [1.807, 2.05) is 42.5 Å². The minimum atomic E-state index is -0.531. The van der Waals surface area contributed by atoms with Crippen LogP contribution >= 0.6 is 0 Å². The molecule has 0 saturated carbocycles. The summed E-state index contributed by atoms with van der Waals surface area (Å²) in [7, 11) is 0. The predicted molar refractivity (Wildman–Crippen MR) is 128 cm³/mol. The Morgan fingerprint density at radius 2 is 1.85 bits per heavy atom. The normalized spacial score (nSPS) is 22.8. The van der Waals surface area contributed by atoms with Gasteiger partial charge >= 0.3 is 0 Å². The van der Waals surface area contributed by atoms with Crippen molar-refractivity contribution in [3.63, 3.8) is 0 Å². The number of aromatic nitrogens is 2. The van der Waals surface area contributed by atoms with Crippen molar-refractivity contribution >= 4 is 33.6 Å². The topological polar surface area (TPSA) is 93.2 Å². The Labute approximate surface area is 191 Å². The smallest absolute Gasteiger partial charge is 0.252 e. The zero-order chi connectivity index (χ0) is 22.6. The fourth-order valence-corrected chi connectivity index (χ4v) is 5.91. The number of nitrogens with zero attached hydrogens (tertiary/aromatic N) is 3. The molecule has 0 unspecified atom stereocenters. The van der Waals surface area contributed by atoms with Crippen LogP contribution in [0.2, 0.25) is 0 Å². The van der Waals surface area contributed by atoms with E-state index in [4.69, 9.17) is 5.73 Å². The molecule has 7 nitrogen and oxygen atoms in total. The highest BCUT2D eigenvalue weighted by atomic mass is 16.2. The number of primary amides is 1. The van der Waals surface area contributed by atoms with Crippen molar-refractivity contribution in [1.29, 1.82) is 0 Å². The first kappa shape index (κ1) is 19.8. The van der Waals surface area contributed by atoms with E-state index in [0.717, 1.165) is 41.2 Å². The predicted octanol–water partition coefficient (Wildman–Crippen LogP) is 2.92. The lowest BCUT2D eigenvalue weighted by atomic mass is 9.69. The number of carbonyl (C=O) groups is 2. The summed E-state index contributed by atoms with van der Waals surface area (Å²) in [5.74, 6) is -0.303. The maximum atomic E-state index is 13.3. The summed E-state index contributed by atoms with van der Waals surface area (Å²) in [6.07, 6.45) is 5.03. The second-order valence-corrected chi connectivity index (χ2v) is 9.10. The van der Waals surface area contributed by atoms with Gasteiger partial charge in [0.25, 0.3) is 5.91 Å². The number of para-hydroxylation sites is 1. The molecular formula is C26H25N5O2. The number of benzene rings is 2. The number of hydrogen-bond donors (Lipinski definition) is 2. The molecule has 2 saturated heterocycles. The second-order valence-electron chi connectivity index (χ2n) is 9.10. The van der Waals surface area contributed by atoms with E-state index < -0.39 is 11.3 Å². The Kier molecular flexibility index (Phi) is 4.40. The van der Waals surface area contributed by atoms with E-state index in [0.29, 0.717) is 18.7 Å². The van der Waals surface area contributed by atoms with Crippen LogP contribution in [-0.2, 0) is 4.79 Å².